The molecule has 2 heterocycles. The third-order valence-corrected chi connectivity index (χ3v) is 3.68. The van der Waals surface area contributed by atoms with Crippen molar-refractivity contribution in [3.05, 3.63) is 46.2 Å². The molecule has 2 aromatic rings. The Morgan fingerprint density at radius 1 is 1.39 bits per heavy atom. The van der Waals surface area contributed by atoms with E-state index < -0.39 is 0 Å². The average Bonchev–Trinajstić information content (AvgIpc) is 2.87. The minimum Gasteiger partial charge on any atom is -0.308 e. The molecule has 0 radical (unpaired) electrons. The summed E-state index contributed by atoms with van der Waals surface area (Å²) >= 11 is 1.80. The van der Waals surface area contributed by atoms with Crippen molar-refractivity contribution in [1.82, 2.24) is 15.3 Å². The van der Waals surface area contributed by atoms with Gasteiger partial charge in [0.25, 0.3) is 0 Å². The van der Waals surface area contributed by atoms with Gasteiger partial charge in [-0.25, -0.2) is 9.97 Å². The lowest BCUT2D eigenvalue weighted by atomic mass is 10.1. The first-order valence-electron chi connectivity index (χ1n) is 6.35. The van der Waals surface area contributed by atoms with E-state index in [1.54, 1.807) is 11.3 Å². The number of hydrogen-bond donors (Lipinski definition) is 1. The highest BCUT2D eigenvalue weighted by Gasteiger charge is 2.13. The summed E-state index contributed by atoms with van der Waals surface area (Å²) in [4.78, 5) is 10.1. The fourth-order valence-corrected chi connectivity index (χ4v) is 2.65. The van der Waals surface area contributed by atoms with Crippen LogP contribution < -0.4 is 5.32 Å². The van der Waals surface area contributed by atoms with Gasteiger partial charge < -0.3 is 5.32 Å². The monoisotopic (exact) mass is 261 g/mol. The van der Waals surface area contributed by atoms with E-state index in [2.05, 4.69) is 39.7 Å². The Balaban J connectivity index is 2.13. The number of hydrogen-bond acceptors (Lipinski definition) is 4. The number of nitrogens with zero attached hydrogens (tertiary/aromatic N) is 2. The van der Waals surface area contributed by atoms with Crippen molar-refractivity contribution in [3.63, 3.8) is 0 Å². The highest BCUT2D eigenvalue weighted by atomic mass is 32.1. The smallest absolute Gasteiger partial charge is 0.125 e. The van der Waals surface area contributed by atoms with Crippen molar-refractivity contribution >= 4 is 11.3 Å². The lowest BCUT2D eigenvalue weighted by molar-refractivity contribution is 0.518. The Morgan fingerprint density at radius 2 is 2.28 bits per heavy atom. The quantitative estimate of drug-likeness (QED) is 0.868. The van der Waals surface area contributed by atoms with Crippen molar-refractivity contribution in [1.29, 1.82) is 0 Å². The van der Waals surface area contributed by atoms with Gasteiger partial charge in [-0.15, -0.1) is 11.3 Å². The lowest BCUT2D eigenvalue weighted by Gasteiger charge is -2.17. The molecule has 0 saturated carbocycles. The van der Waals surface area contributed by atoms with Gasteiger partial charge in [0, 0.05) is 17.5 Å². The van der Waals surface area contributed by atoms with Crippen LogP contribution in [-0.4, -0.2) is 16.5 Å². The summed E-state index contributed by atoms with van der Waals surface area (Å²) in [7, 11) is 0. The molecule has 1 atom stereocenters. The Kier molecular flexibility index (Phi) is 4.84. The van der Waals surface area contributed by atoms with Crippen LogP contribution in [0.1, 0.15) is 35.8 Å². The van der Waals surface area contributed by atoms with Crippen molar-refractivity contribution in [2.24, 2.45) is 0 Å². The zero-order chi connectivity index (χ0) is 12.8. The molecule has 2 rings (SSSR count). The van der Waals surface area contributed by atoms with Gasteiger partial charge in [0.15, 0.2) is 0 Å². The highest BCUT2D eigenvalue weighted by Crippen LogP contribution is 2.19. The van der Waals surface area contributed by atoms with Crippen LogP contribution in [0.5, 0.6) is 0 Å². The summed E-state index contributed by atoms with van der Waals surface area (Å²) < 4.78 is 0. The van der Waals surface area contributed by atoms with Gasteiger partial charge in [-0.3, -0.25) is 0 Å². The molecule has 2 aromatic heterocycles. The van der Waals surface area contributed by atoms with Gasteiger partial charge in [0.1, 0.15) is 5.82 Å². The SMILES string of the molecule is CCCNC(Cc1cccs1)c1ccnc(C)n1. The van der Waals surface area contributed by atoms with Crippen LogP contribution in [0.2, 0.25) is 0 Å². The van der Waals surface area contributed by atoms with Crippen molar-refractivity contribution in [3.8, 4) is 0 Å². The Bertz CT molecular complexity index is 468. The van der Waals surface area contributed by atoms with E-state index in [0.717, 1.165) is 30.9 Å². The molecule has 1 N–H and O–H groups in total. The molecule has 0 aliphatic rings. The van der Waals surface area contributed by atoms with Crippen LogP contribution in [-0.2, 0) is 6.42 Å². The van der Waals surface area contributed by atoms with Crippen molar-refractivity contribution in [2.45, 2.75) is 32.7 Å². The normalized spacial score (nSPS) is 12.6. The third-order valence-electron chi connectivity index (χ3n) is 2.78. The third kappa shape index (κ3) is 3.62. The first-order chi connectivity index (χ1) is 8.79. The van der Waals surface area contributed by atoms with E-state index in [0.29, 0.717) is 0 Å². The van der Waals surface area contributed by atoms with E-state index in [9.17, 15) is 0 Å². The molecule has 0 bridgehead atoms. The molecule has 0 amide bonds. The van der Waals surface area contributed by atoms with Crippen molar-refractivity contribution < 1.29 is 0 Å². The van der Waals surface area contributed by atoms with Crippen LogP contribution in [0.4, 0.5) is 0 Å². The maximum absolute atomic E-state index is 4.54. The second kappa shape index (κ2) is 6.61. The second-order valence-electron chi connectivity index (χ2n) is 4.32. The number of aromatic nitrogens is 2. The van der Waals surface area contributed by atoms with E-state index in [-0.39, 0.29) is 6.04 Å². The average molecular weight is 261 g/mol. The fraction of sp³-hybridized carbons (Fsp3) is 0.429. The number of aryl methyl sites for hydroxylation is 1. The van der Waals surface area contributed by atoms with Gasteiger partial charge in [-0.05, 0) is 37.4 Å². The molecule has 1 unspecified atom stereocenters. The predicted molar refractivity (Wildman–Crippen MR) is 75.8 cm³/mol. The molecule has 0 saturated heterocycles. The first-order valence-corrected chi connectivity index (χ1v) is 7.23. The van der Waals surface area contributed by atoms with Crippen LogP contribution in [0.15, 0.2) is 29.8 Å². The highest BCUT2D eigenvalue weighted by molar-refractivity contribution is 7.09. The van der Waals surface area contributed by atoms with E-state index in [1.807, 2.05) is 19.2 Å². The van der Waals surface area contributed by atoms with E-state index in [1.165, 1.54) is 4.88 Å². The molecule has 18 heavy (non-hydrogen) atoms. The Labute approximate surface area is 112 Å². The molecule has 0 spiro atoms. The zero-order valence-electron chi connectivity index (χ0n) is 10.9. The topological polar surface area (TPSA) is 37.8 Å². The van der Waals surface area contributed by atoms with Gasteiger partial charge >= 0.3 is 0 Å². The minimum atomic E-state index is 0.283. The molecular weight excluding hydrogens is 242 g/mol. The van der Waals surface area contributed by atoms with Gasteiger partial charge in [0.2, 0.25) is 0 Å². The summed E-state index contributed by atoms with van der Waals surface area (Å²) in [6.07, 6.45) is 3.96. The zero-order valence-corrected chi connectivity index (χ0v) is 11.7. The first kappa shape index (κ1) is 13.2. The van der Waals surface area contributed by atoms with E-state index in [4.69, 9.17) is 0 Å². The minimum absolute atomic E-state index is 0.283. The molecule has 0 aliphatic carbocycles. The number of thiophene rings is 1. The summed E-state index contributed by atoms with van der Waals surface area (Å²) in [6.45, 7) is 5.13. The number of rotatable bonds is 6. The summed E-state index contributed by atoms with van der Waals surface area (Å²) in [6, 6.07) is 6.57. The van der Waals surface area contributed by atoms with Crippen molar-refractivity contribution in [2.75, 3.05) is 6.54 Å². The Morgan fingerprint density at radius 3 is 2.94 bits per heavy atom. The Hall–Kier alpha value is -1.26. The summed E-state index contributed by atoms with van der Waals surface area (Å²) in [5.74, 6) is 0.835. The van der Waals surface area contributed by atoms with Gasteiger partial charge in [-0.2, -0.15) is 0 Å². The maximum Gasteiger partial charge on any atom is 0.125 e. The molecule has 0 fully saturated rings. The molecule has 96 valence electrons. The molecule has 0 aromatic carbocycles. The van der Waals surface area contributed by atoms with Crippen LogP contribution in [0, 0.1) is 6.92 Å². The van der Waals surface area contributed by atoms with E-state index >= 15 is 0 Å². The lowest BCUT2D eigenvalue weighted by Crippen LogP contribution is -2.25. The molecule has 3 nitrogen and oxygen atoms in total. The van der Waals surface area contributed by atoms with Crippen LogP contribution in [0.3, 0.4) is 0 Å². The maximum atomic E-state index is 4.54. The standard InChI is InChI=1S/C14H19N3S/c1-3-7-16-14(10-12-5-4-9-18-12)13-6-8-15-11(2)17-13/h4-6,8-9,14,16H,3,7,10H2,1-2H3. The summed E-state index contributed by atoms with van der Waals surface area (Å²) in [5, 5.41) is 5.69. The summed E-state index contributed by atoms with van der Waals surface area (Å²) in [5.41, 5.74) is 1.09. The van der Waals surface area contributed by atoms with Gasteiger partial charge in [-0.1, -0.05) is 13.0 Å². The van der Waals surface area contributed by atoms with Crippen LogP contribution >= 0.6 is 11.3 Å². The predicted octanol–water partition coefficient (Wildman–Crippen LogP) is 3.13. The fourth-order valence-electron chi connectivity index (χ4n) is 1.90. The molecular formula is C14H19N3S. The molecule has 4 heteroatoms. The second-order valence-corrected chi connectivity index (χ2v) is 5.35. The van der Waals surface area contributed by atoms with Crippen LogP contribution in [0.25, 0.3) is 0 Å². The largest absolute Gasteiger partial charge is 0.308 e. The van der Waals surface area contributed by atoms with Gasteiger partial charge in [0.05, 0.1) is 11.7 Å². The molecule has 0 aliphatic heterocycles. The number of nitrogens with one attached hydrogen (secondary N) is 1.